The molecule has 170 valence electrons. The Morgan fingerprint density at radius 1 is 1.21 bits per heavy atom. The maximum atomic E-state index is 14.7. The second-order valence-electron chi connectivity index (χ2n) is 7.35. The molecule has 0 spiro atoms. The highest BCUT2D eigenvalue weighted by Gasteiger charge is 2.17. The van der Waals surface area contributed by atoms with Gasteiger partial charge in [-0.1, -0.05) is 34.6 Å². The number of unbranched alkanes of at least 4 members (excludes halogenated alkanes) is 1. The number of halogens is 1. The number of oxime groups is 1. The zero-order valence-corrected chi connectivity index (χ0v) is 19.1. The minimum absolute atomic E-state index is 0.197. The summed E-state index contributed by atoms with van der Waals surface area (Å²) >= 11 is 0. The fourth-order valence-electron chi connectivity index (χ4n) is 3.57. The molecule has 0 N–H and O–H groups in total. The Morgan fingerprint density at radius 3 is 2.70 bits per heavy atom. The van der Waals surface area contributed by atoms with Gasteiger partial charge in [0.15, 0.2) is 11.5 Å². The SMILES string of the molecule is [C-]#[N+]c1cccc(/C(=C/CCCc2nc(C)no2)c2cc(C)c(OC)c(/C(F)=N/OC)c2)c1. The van der Waals surface area contributed by atoms with Gasteiger partial charge in [-0.3, -0.25) is 0 Å². The van der Waals surface area contributed by atoms with Crippen LogP contribution in [-0.2, 0) is 11.3 Å². The van der Waals surface area contributed by atoms with E-state index in [9.17, 15) is 4.39 Å². The van der Waals surface area contributed by atoms with E-state index in [1.807, 2.05) is 31.2 Å². The fraction of sp³-hybridized carbons (Fsp3) is 0.280. The summed E-state index contributed by atoms with van der Waals surface area (Å²) in [6.07, 6.45) is 4.22. The predicted octanol–water partition coefficient (Wildman–Crippen LogP) is 5.98. The van der Waals surface area contributed by atoms with Crippen molar-refractivity contribution in [3.05, 3.63) is 87.9 Å². The van der Waals surface area contributed by atoms with E-state index in [-0.39, 0.29) is 5.56 Å². The molecule has 0 fully saturated rings. The average Bonchev–Trinajstić information content (AvgIpc) is 3.23. The molecule has 0 aliphatic carbocycles. The van der Waals surface area contributed by atoms with E-state index in [0.29, 0.717) is 36.0 Å². The molecule has 0 saturated heterocycles. The smallest absolute Gasteiger partial charge is 0.260 e. The van der Waals surface area contributed by atoms with Gasteiger partial charge < -0.3 is 14.1 Å². The topological polar surface area (TPSA) is 74.1 Å². The summed E-state index contributed by atoms with van der Waals surface area (Å²) in [5, 5.41) is 7.26. The van der Waals surface area contributed by atoms with Crippen molar-refractivity contribution in [2.45, 2.75) is 33.1 Å². The van der Waals surface area contributed by atoms with Gasteiger partial charge in [0.25, 0.3) is 5.97 Å². The first kappa shape index (κ1) is 23.7. The van der Waals surface area contributed by atoms with Crippen LogP contribution in [0.25, 0.3) is 10.4 Å². The Morgan fingerprint density at radius 2 is 2.03 bits per heavy atom. The van der Waals surface area contributed by atoms with Crippen LogP contribution in [0.5, 0.6) is 5.75 Å². The van der Waals surface area contributed by atoms with Crippen molar-refractivity contribution in [3.63, 3.8) is 0 Å². The van der Waals surface area contributed by atoms with Crippen LogP contribution in [0.4, 0.5) is 10.1 Å². The van der Waals surface area contributed by atoms with Crippen LogP contribution in [0.3, 0.4) is 0 Å². The molecule has 0 unspecified atom stereocenters. The third-order valence-corrected chi connectivity index (χ3v) is 4.98. The van der Waals surface area contributed by atoms with Crippen molar-refractivity contribution in [2.75, 3.05) is 14.2 Å². The molecule has 8 heteroatoms. The Hall–Kier alpha value is -3.99. The largest absolute Gasteiger partial charge is 0.496 e. The van der Waals surface area contributed by atoms with Crippen molar-refractivity contribution in [2.24, 2.45) is 5.16 Å². The Bertz CT molecular complexity index is 1220. The number of aromatic nitrogens is 2. The van der Waals surface area contributed by atoms with Crippen LogP contribution >= 0.6 is 0 Å². The van der Waals surface area contributed by atoms with Gasteiger partial charge in [0.05, 0.1) is 19.2 Å². The summed E-state index contributed by atoms with van der Waals surface area (Å²) < 4.78 is 25.3. The standard InChI is InChI=1S/C25H25FN4O3/c1-16-13-19(15-22(24(16)31-4)25(26)30-32-5)21(18-9-8-10-20(14-18)27-3)11-6-7-12-23-28-17(2)29-33-23/h8-11,13-15H,6-7,12H2,1-2,4-5H3/b21-11-,30-25-. The summed E-state index contributed by atoms with van der Waals surface area (Å²) in [4.78, 5) is 12.4. The fourth-order valence-corrected chi connectivity index (χ4v) is 3.57. The number of hydrogen-bond donors (Lipinski definition) is 0. The van der Waals surface area contributed by atoms with Crippen molar-refractivity contribution in [1.82, 2.24) is 10.1 Å². The Labute approximate surface area is 192 Å². The van der Waals surface area contributed by atoms with E-state index in [2.05, 4.69) is 31.1 Å². The number of methoxy groups -OCH3 is 1. The molecule has 0 aliphatic rings. The van der Waals surface area contributed by atoms with Gasteiger partial charge in [-0.2, -0.15) is 9.37 Å². The van der Waals surface area contributed by atoms with Gasteiger partial charge in [-0.25, -0.2) is 4.85 Å². The highest BCUT2D eigenvalue weighted by Crippen LogP contribution is 2.33. The third-order valence-electron chi connectivity index (χ3n) is 4.98. The molecule has 0 saturated carbocycles. The van der Waals surface area contributed by atoms with E-state index in [1.54, 1.807) is 19.1 Å². The van der Waals surface area contributed by atoms with E-state index in [4.69, 9.17) is 15.8 Å². The van der Waals surface area contributed by atoms with Crippen molar-refractivity contribution in [1.29, 1.82) is 0 Å². The molecule has 0 bridgehead atoms. The maximum Gasteiger partial charge on any atom is 0.260 e. The second kappa shape index (κ2) is 11.0. The minimum atomic E-state index is -0.777. The lowest BCUT2D eigenvalue weighted by molar-refractivity contribution is 0.209. The van der Waals surface area contributed by atoms with Crippen molar-refractivity contribution in [3.8, 4) is 5.75 Å². The van der Waals surface area contributed by atoms with Crippen molar-refractivity contribution < 1.29 is 18.5 Å². The van der Waals surface area contributed by atoms with Crippen LogP contribution in [0.2, 0.25) is 0 Å². The normalized spacial score (nSPS) is 11.9. The molecule has 0 aliphatic heterocycles. The maximum absolute atomic E-state index is 14.7. The molecule has 1 heterocycles. The molecule has 3 aromatic rings. The molecular formula is C25H25FN4O3. The summed E-state index contributed by atoms with van der Waals surface area (Å²) in [5.74, 6) is 0.814. The van der Waals surface area contributed by atoms with Gasteiger partial charge in [0.2, 0.25) is 5.89 Å². The van der Waals surface area contributed by atoms with E-state index in [1.165, 1.54) is 14.2 Å². The lowest BCUT2D eigenvalue weighted by Crippen LogP contribution is -2.03. The van der Waals surface area contributed by atoms with Crippen LogP contribution in [0, 0.1) is 20.4 Å². The van der Waals surface area contributed by atoms with Crippen LogP contribution in [0.1, 0.15) is 46.8 Å². The lowest BCUT2D eigenvalue weighted by atomic mass is 9.92. The number of nitrogens with zero attached hydrogens (tertiary/aromatic N) is 4. The average molecular weight is 448 g/mol. The van der Waals surface area contributed by atoms with Crippen LogP contribution in [-0.4, -0.2) is 30.3 Å². The molecule has 0 radical (unpaired) electrons. The van der Waals surface area contributed by atoms with Gasteiger partial charge in [-0.05, 0) is 67.2 Å². The first-order valence-electron chi connectivity index (χ1n) is 10.4. The number of rotatable bonds is 9. The summed E-state index contributed by atoms with van der Waals surface area (Å²) in [5.41, 5.74) is 3.98. The van der Waals surface area contributed by atoms with E-state index >= 15 is 0 Å². The summed E-state index contributed by atoms with van der Waals surface area (Å²) in [6.45, 7) is 11.0. The Kier molecular flexibility index (Phi) is 7.92. The molecule has 0 amide bonds. The molecule has 0 atom stereocenters. The number of hydrogen-bond acceptors (Lipinski definition) is 6. The zero-order valence-electron chi connectivity index (χ0n) is 19.1. The highest BCUT2D eigenvalue weighted by molar-refractivity contribution is 5.98. The minimum Gasteiger partial charge on any atom is -0.496 e. The number of aryl methyl sites for hydroxylation is 3. The van der Waals surface area contributed by atoms with Crippen LogP contribution < -0.4 is 4.74 Å². The predicted molar refractivity (Wildman–Crippen MR) is 124 cm³/mol. The van der Waals surface area contributed by atoms with Gasteiger partial charge in [0.1, 0.15) is 12.9 Å². The quantitative estimate of drug-likeness (QED) is 0.174. The molecule has 2 aromatic carbocycles. The third kappa shape index (κ3) is 5.83. The summed E-state index contributed by atoms with van der Waals surface area (Å²) in [6, 6.07) is 10.9. The summed E-state index contributed by atoms with van der Waals surface area (Å²) in [7, 11) is 2.77. The number of allylic oxidation sites excluding steroid dienone is 1. The zero-order chi connectivity index (χ0) is 23.8. The number of ether oxygens (including phenoxy) is 1. The number of benzene rings is 2. The van der Waals surface area contributed by atoms with Gasteiger partial charge in [-0.15, -0.1) is 0 Å². The van der Waals surface area contributed by atoms with Crippen molar-refractivity contribution >= 4 is 17.2 Å². The van der Waals surface area contributed by atoms with Gasteiger partial charge in [0, 0.05) is 6.42 Å². The second-order valence-corrected chi connectivity index (χ2v) is 7.35. The monoisotopic (exact) mass is 448 g/mol. The van der Waals surface area contributed by atoms with E-state index in [0.717, 1.165) is 28.7 Å². The first-order chi connectivity index (χ1) is 16.0. The highest BCUT2D eigenvalue weighted by atomic mass is 19.1. The molecule has 7 nitrogen and oxygen atoms in total. The molecule has 3 rings (SSSR count). The Balaban J connectivity index is 2.03. The van der Waals surface area contributed by atoms with Crippen LogP contribution in [0.15, 0.2) is 52.2 Å². The molecule has 1 aromatic heterocycles. The first-order valence-corrected chi connectivity index (χ1v) is 10.4. The van der Waals surface area contributed by atoms with E-state index < -0.39 is 5.97 Å². The van der Waals surface area contributed by atoms with Gasteiger partial charge >= 0.3 is 0 Å². The molecule has 33 heavy (non-hydrogen) atoms. The molecular weight excluding hydrogens is 423 g/mol. The lowest BCUT2D eigenvalue weighted by Gasteiger charge is -2.15.